The van der Waals surface area contributed by atoms with Crippen LogP contribution >= 0.6 is 35.0 Å². The van der Waals surface area contributed by atoms with Gasteiger partial charge >= 0.3 is 5.97 Å². The van der Waals surface area contributed by atoms with Crippen LogP contribution in [0.25, 0.3) is 0 Å². The molecule has 0 radical (unpaired) electrons. The minimum Gasteiger partial charge on any atom is -0.455 e. The molecule has 0 aromatic heterocycles. The van der Waals surface area contributed by atoms with E-state index < -0.39 is 24.0 Å². The van der Waals surface area contributed by atoms with Gasteiger partial charge < -0.3 is 10.1 Å². The molecule has 0 bridgehead atoms. The van der Waals surface area contributed by atoms with E-state index in [1.165, 1.54) is 0 Å². The number of carbonyl (C=O) groups excluding carboxylic acids is 2. The third kappa shape index (κ3) is 5.90. The zero-order valence-electron chi connectivity index (χ0n) is 13.6. The van der Waals surface area contributed by atoms with Gasteiger partial charge in [-0.3, -0.25) is 9.59 Å². The van der Waals surface area contributed by atoms with Gasteiger partial charge in [0.2, 0.25) is 0 Å². The van der Waals surface area contributed by atoms with Gasteiger partial charge in [-0.05, 0) is 25.0 Å². The number of ether oxygens (including phenoxy) is 1. The van der Waals surface area contributed by atoms with Crippen LogP contribution in [0.5, 0.6) is 0 Å². The van der Waals surface area contributed by atoms with Crippen molar-refractivity contribution in [3.63, 3.8) is 0 Å². The van der Waals surface area contributed by atoms with Crippen LogP contribution in [0.4, 0.5) is 0 Å². The van der Waals surface area contributed by atoms with E-state index in [1.807, 2.05) is 19.9 Å². The number of hydrogen-bond acceptors (Lipinski definition) is 5. The molecule has 1 unspecified atom stereocenters. The smallest absolute Gasteiger partial charge is 0.316 e. The molecular formula is C16H18Cl2N2O3S. The summed E-state index contributed by atoms with van der Waals surface area (Å²) in [6, 6.07) is 7.10. The third-order valence-corrected chi connectivity index (χ3v) is 5.37. The van der Waals surface area contributed by atoms with Crippen molar-refractivity contribution in [2.24, 2.45) is 5.92 Å². The van der Waals surface area contributed by atoms with Crippen molar-refractivity contribution in [1.82, 2.24) is 5.32 Å². The second-order valence-corrected chi connectivity index (χ2v) is 7.32. The molecule has 1 rings (SSSR count). The van der Waals surface area contributed by atoms with Crippen molar-refractivity contribution in [1.29, 1.82) is 5.26 Å². The Hall–Kier alpha value is -1.42. The Balaban J connectivity index is 2.47. The number of carbonyl (C=O) groups is 2. The summed E-state index contributed by atoms with van der Waals surface area (Å²) in [7, 11) is 0. The van der Waals surface area contributed by atoms with E-state index in [0.717, 1.165) is 11.8 Å². The Morgan fingerprint density at radius 1 is 1.38 bits per heavy atom. The molecular weight excluding hydrogens is 371 g/mol. The molecule has 5 nitrogen and oxygen atoms in total. The van der Waals surface area contributed by atoms with E-state index in [4.69, 9.17) is 33.2 Å². The molecule has 1 atom stereocenters. The highest BCUT2D eigenvalue weighted by atomic mass is 35.5. The van der Waals surface area contributed by atoms with Gasteiger partial charge in [-0.2, -0.15) is 5.26 Å². The fourth-order valence-corrected chi connectivity index (χ4v) is 3.05. The van der Waals surface area contributed by atoms with Crippen molar-refractivity contribution in [3.05, 3.63) is 28.2 Å². The molecule has 0 aliphatic heterocycles. The number of nitrogens with one attached hydrogen (secondary N) is 1. The number of benzene rings is 1. The lowest BCUT2D eigenvalue weighted by Crippen LogP contribution is -2.50. The maximum absolute atomic E-state index is 11.8. The van der Waals surface area contributed by atoms with Crippen molar-refractivity contribution in [2.75, 3.05) is 12.4 Å². The first-order valence-electron chi connectivity index (χ1n) is 7.14. The quantitative estimate of drug-likeness (QED) is 0.569. The minimum absolute atomic E-state index is 0.0313. The molecule has 0 saturated carbocycles. The highest BCUT2D eigenvalue weighted by Gasteiger charge is 2.30. The molecule has 8 heteroatoms. The molecule has 1 aromatic rings. The molecule has 1 N–H and O–H groups in total. The zero-order valence-corrected chi connectivity index (χ0v) is 15.9. The van der Waals surface area contributed by atoms with Gasteiger partial charge in [0.1, 0.15) is 5.54 Å². The van der Waals surface area contributed by atoms with E-state index in [2.05, 4.69) is 5.32 Å². The molecule has 0 spiro atoms. The van der Waals surface area contributed by atoms with Crippen LogP contribution in [-0.4, -0.2) is 29.8 Å². The third-order valence-electron chi connectivity index (χ3n) is 3.40. The van der Waals surface area contributed by atoms with Crippen LogP contribution < -0.4 is 5.32 Å². The van der Waals surface area contributed by atoms with Gasteiger partial charge in [-0.1, -0.05) is 43.1 Å². The summed E-state index contributed by atoms with van der Waals surface area (Å²) in [6.45, 7) is 4.81. The van der Waals surface area contributed by atoms with Gasteiger partial charge in [-0.25, -0.2) is 0 Å². The van der Waals surface area contributed by atoms with E-state index in [9.17, 15) is 9.59 Å². The van der Waals surface area contributed by atoms with Gasteiger partial charge in [0.05, 0.1) is 21.9 Å². The highest BCUT2D eigenvalue weighted by Crippen LogP contribution is 2.33. The monoisotopic (exact) mass is 388 g/mol. The molecule has 0 aliphatic carbocycles. The molecule has 0 saturated heterocycles. The Kier molecular flexibility index (Phi) is 7.88. The number of amides is 1. The maximum atomic E-state index is 11.8. The zero-order chi connectivity index (χ0) is 18.3. The van der Waals surface area contributed by atoms with E-state index in [1.54, 1.807) is 25.1 Å². The second kappa shape index (κ2) is 9.16. The van der Waals surface area contributed by atoms with Crippen molar-refractivity contribution in [2.45, 2.75) is 31.2 Å². The standard InChI is InChI=1S/C16H18Cl2N2O3S/c1-10(2)16(3,9-19)20-13(21)7-23-14(22)8-24-15-11(17)5-4-6-12(15)18/h4-6,10H,7-8H2,1-3H3,(H,20,21). The molecule has 0 heterocycles. The predicted octanol–water partition coefficient (Wildman–Crippen LogP) is 3.68. The summed E-state index contributed by atoms with van der Waals surface area (Å²) in [4.78, 5) is 24.1. The number of rotatable bonds is 7. The summed E-state index contributed by atoms with van der Waals surface area (Å²) in [5, 5.41) is 12.6. The van der Waals surface area contributed by atoms with Gasteiger partial charge in [0.15, 0.2) is 6.61 Å². The number of halogens is 2. The average molecular weight is 389 g/mol. The van der Waals surface area contributed by atoms with Crippen molar-refractivity contribution >= 4 is 46.8 Å². The largest absolute Gasteiger partial charge is 0.455 e. The topological polar surface area (TPSA) is 79.2 Å². The van der Waals surface area contributed by atoms with Crippen LogP contribution in [0.3, 0.4) is 0 Å². The SMILES string of the molecule is CC(C)C(C)(C#N)NC(=O)COC(=O)CSc1c(Cl)cccc1Cl. The lowest BCUT2D eigenvalue weighted by Gasteiger charge is -2.27. The first kappa shape index (κ1) is 20.6. The van der Waals surface area contributed by atoms with E-state index >= 15 is 0 Å². The lowest BCUT2D eigenvalue weighted by atomic mass is 9.90. The minimum atomic E-state index is -1.01. The summed E-state index contributed by atoms with van der Waals surface area (Å²) >= 11 is 13.1. The van der Waals surface area contributed by atoms with Crippen molar-refractivity contribution < 1.29 is 14.3 Å². The number of hydrogen-bond donors (Lipinski definition) is 1. The van der Waals surface area contributed by atoms with Crippen LogP contribution in [0, 0.1) is 17.2 Å². The van der Waals surface area contributed by atoms with Gasteiger partial charge in [-0.15, -0.1) is 11.8 Å². The van der Waals surface area contributed by atoms with E-state index in [-0.39, 0.29) is 11.7 Å². The van der Waals surface area contributed by atoms with Crippen LogP contribution in [0.15, 0.2) is 23.1 Å². The number of nitriles is 1. The predicted molar refractivity (Wildman–Crippen MR) is 95.1 cm³/mol. The van der Waals surface area contributed by atoms with Crippen molar-refractivity contribution in [3.8, 4) is 6.07 Å². The Morgan fingerprint density at radius 3 is 2.46 bits per heavy atom. The molecule has 24 heavy (non-hydrogen) atoms. The molecule has 1 amide bonds. The summed E-state index contributed by atoms with van der Waals surface area (Å²) in [5.41, 5.74) is -1.01. The van der Waals surface area contributed by atoms with Gasteiger partial charge in [0, 0.05) is 4.90 Å². The highest BCUT2D eigenvalue weighted by molar-refractivity contribution is 8.00. The Labute approximate surface area is 155 Å². The van der Waals surface area contributed by atoms with Crippen LogP contribution in [-0.2, 0) is 14.3 Å². The fraction of sp³-hybridized carbons (Fsp3) is 0.438. The number of esters is 1. The maximum Gasteiger partial charge on any atom is 0.316 e. The number of thioether (sulfide) groups is 1. The molecule has 0 fully saturated rings. The first-order chi connectivity index (χ1) is 11.2. The Morgan fingerprint density at radius 2 is 1.96 bits per heavy atom. The summed E-state index contributed by atoms with van der Waals surface area (Å²) in [5.74, 6) is -1.22. The van der Waals surface area contributed by atoms with E-state index in [0.29, 0.717) is 14.9 Å². The number of nitrogens with zero attached hydrogens (tertiary/aromatic N) is 1. The van der Waals surface area contributed by atoms with Crippen LogP contribution in [0.1, 0.15) is 20.8 Å². The van der Waals surface area contributed by atoms with Crippen LogP contribution in [0.2, 0.25) is 10.0 Å². The van der Waals surface area contributed by atoms with Gasteiger partial charge in [0.25, 0.3) is 5.91 Å². The average Bonchev–Trinajstić information content (AvgIpc) is 2.52. The fourth-order valence-electron chi connectivity index (χ4n) is 1.57. The normalized spacial score (nSPS) is 13.0. The second-order valence-electron chi connectivity index (χ2n) is 5.52. The lowest BCUT2D eigenvalue weighted by molar-refractivity contribution is -0.146. The molecule has 1 aromatic carbocycles. The summed E-state index contributed by atoms with van der Waals surface area (Å²) < 4.78 is 4.91. The first-order valence-corrected chi connectivity index (χ1v) is 8.88. The Bertz CT molecular complexity index is 641. The molecule has 0 aliphatic rings. The molecule has 130 valence electrons. The summed E-state index contributed by atoms with van der Waals surface area (Å²) in [6.07, 6.45) is 0.